The van der Waals surface area contributed by atoms with Crippen LogP contribution in [0.1, 0.15) is 27.0 Å². The van der Waals surface area contributed by atoms with E-state index < -0.39 is 0 Å². The summed E-state index contributed by atoms with van der Waals surface area (Å²) in [4.78, 5) is 12.1. The third-order valence-electron chi connectivity index (χ3n) is 3.27. The van der Waals surface area contributed by atoms with Gasteiger partial charge in [-0.3, -0.25) is 4.79 Å². The maximum Gasteiger partial charge on any atom is 0.255 e. The van der Waals surface area contributed by atoms with E-state index in [2.05, 4.69) is 5.32 Å². The molecular weight excluding hydrogens is 241 g/mol. The van der Waals surface area contributed by atoms with E-state index in [1.807, 2.05) is 32.0 Å². The van der Waals surface area contributed by atoms with Gasteiger partial charge < -0.3 is 5.32 Å². The molecular formula is C16H16FNO. The Kier molecular flexibility index (Phi) is 3.65. The predicted molar refractivity (Wildman–Crippen MR) is 75.0 cm³/mol. The van der Waals surface area contributed by atoms with Crippen molar-refractivity contribution < 1.29 is 9.18 Å². The number of nitrogens with one attached hydrogen (secondary N) is 1. The van der Waals surface area contributed by atoms with Gasteiger partial charge in [0.15, 0.2) is 0 Å². The summed E-state index contributed by atoms with van der Waals surface area (Å²) in [5.41, 5.74) is 3.86. The van der Waals surface area contributed by atoms with Gasteiger partial charge >= 0.3 is 0 Å². The number of benzene rings is 2. The maximum absolute atomic E-state index is 13.2. The van der Waals surface area contributed by atoms with Crippen LogP contribution in [-0.2, 0) is 0 Å². The Morgan fingerprint density at radius 2 is 1.79 bits per heavy atom. The van der Waals surface area contributed by atoms with Crippen LogP contribution in [0, 0.1) is 26.6 Å². The zero-order valence-corrected chi connectivity index (χ0v) is 11.3. The lowest BCUT2D eigenvalue weighted by atomic mass is 10.1. The summed E-state index contributed by atoms with van der Waals surface area (Å²) in [6.45, 7) is 5.60. The molecule has 3 heteroatoms. The number of hydrogen-bond donors (Lipinski definition) is 1. The van der Waals surface area contributed by atoms with Gasteiger partial charge in [0.25, 0.3) is 5.91 Å². The number of rotatable bonds is 2. The van der Waals surface area contributed by atoms with Gasteiger partial charge in [0.2, 0.25) is 0 Å². The Bertz CT molecular complexity index is 635. The van der Waals surface area contributed by atoms with Gasteiger partial charge in [-0.05, 0) is 61.7 Å². The monoisotopic (exact) mass is 257 g/mol. The minimum Gasteiger partial charge on any atom is -0.322 e. The quantitative estimate of drug-likeness (QED) is 0.865. The molecule has 0 spiro atoms. The SMILES string of the molecule is Cc1cc(C(=O)Nc2cccc(C)c2C)ccc1F. The first kappa shape index (κ1) is 13.3. The minimum absolute atomic E-state index is 0.225. The summed E-state index contributed by atoms with van der Waals surface area (Å²) < 4.78 is 13.2. The highest BCUT2D eigenvalue weighted by molar-refractivity contribution is 6.04. The average molecular weight is 257 g/mol. The van der Waals surface area contributed by atoms with Crippen LogP contribution in [0.25, 0.3) is 0 Å². The molecule has 0 bridgehead atoms. The van der Waals surface area contributed by atoms with Crippen molar-refractivity contribution >= 4 is 11.6 Å². The van der Waals surface area contributed by atoms with Crippen LogP contribution in [0.15, 0.2) is 36.4 Å². The molecule has 0 heterocycles. The van der Waals surface area contributed by atoms with E-state index in [1.54, 1.807) is 13.0 Å². The van der Waals surface area contributed by atoms with Gasteiger partial charge in [-0.25, -0.2) is 4.39 Å². The van der Waals surface area contributed by atoms with Crippen molar-refractivity contribution in [2.45, 2.75) is 20.8 Å². The van der Waals surface area contributed by atoms with Gasteiger partial charge in [0, 0.05) is 11.3 Å². The van der Waals surface area contributed by atoms with Crippen molar-refractivity contribution in [1.82, 2.24) is 0 Å². The van der Waals surface area contributed by atoms with Crippen molar-refractivity contribution in [3.8, 4) is 0 Å². The average Bonchev–Trinajstić information content (AvgIpc) is 2.38. The summed E-state index contributed by atoms with van der Waals surface area (Å²) in [6, 6.07) is 10.1. The molecule has 98 valence electrons. The van der Waals surface area contributed by atoms with E-state index in [9.17, 15) is 9.18 Å². The molecule has 0 unspecified atom stereocenters. The summed E-state index contributed by atoms with van der Waals surface area (Å²) >= 11 is 0. The Hall–Kier alpha value is -2.16. The van der Waals surface area contributed by atoms with Crippen LogP contribution in [-0.4, -0.2) is 5.91 Å². The molecule has 0 fully saturated rings. The Balaban J connectivity index is 2.26. The molecule has 0 aromatic heterocycles. The van der Waals surface area contributed by atoms with Crippen LogP contribution >= 0.6 is 0 Å². The number of carbonyl (C=O) groups excluding carboxylic acids is 1. The lowest BCUT2D eigenvalue weighted by Crippen LogP contribution is -2.13. The van der Waals surface area contributed by atoms with Crippen LogP contribution < -0.4 is 5.32 Å². The second-order valence-corrected chi connectivity index (χ2v) is 4.67. The fraction of sp³-hybridized carbons (Fsp3) is 0.188. The predicted octanol–water partition coefficient (Wildman–Crippen LogP) is 4.00. The van der Waals surface area contributed by atoms with Crippen molar-refractivity contribution in [2.24, 2.45) is 0 Å². The molecule has 2 aromatic rings. The second kappa shape index (κ2) is 5.22. The first-order valence-corrected chi connectivity index (χ1v) is 6.13. The van der Waals surface area contributed by atoms with Gasteiger partial charge in [0.1, 0.15) is 5.82 Å². The smallest absolute Gasteiger partial charge is 0.255 e. The Morgan fingerprint density at radius 3 is 2.47 bits per heavy atom. The second-order valence-electron chi connectivity index (χ2n) is 4.67. The van der Waals surface area contributed by atoms with Crippen LogP contribution in [0.3, 0.4) is 0 Å². The number of amides is 1. The molecule has 0 aliphatic carbocycles. The van der Waals surface area contributed by atoms with Gasteiger partial charge in [-0.2, -0.15) is 0 Å². The first-order chi connectivity index (χ1) is 8.99. The summed E-state index contributed by atoms with van der Waals surface area (Å²) in [6.07, 6.45) is 0. The van der Waals surface area contributed by atoms with Gasteiger partial charge in [0.05, 0.1) is 0 Å². The highest BCUT2D eigenvalue weighted by Gasteiger charge is 2.09. The molecule has 0 aliphatic rings. The van der Waals surface area contributed by atoms with E-state index in [0.717, 1.165) is 16.8 Å². The van der Waals surface area contributed by atoms with E-state index in [1.165, 1.54) is 12.1 Å². The Labute approximate surface area is 112 Å². The minimum atomic E-state index is -0.303. The molecule has 1 amide bonds. The number of aryl methyl sites for hydroxylation is 2. The molecule has 19 heavy (non-hydrogen) atoms. The standard InChI is InChI=1S/C16H16FNO/c1-10-5-4-6-15(12(10)3)18-16(19)13-7-8-14(17)11(2)9-13/h4-9H,1-3H3,(H,18,19). The first-order valence-electron chi connectivity index (χ1n) is 6.13. The van der Waals surface area contributed by atoms with Gasteiger partial charge in [-0.1, -0.05) is 12.1 Å². The van der Waals surface area contributed by atoms with Crippen LogP contribution in [0.2, 0.25) is 0 Å². The molecule has 2 aromatic carbocycles. The van der Waals surface area contributed by atoms with E-state index in [4.69, 9.17) is 0 Å². The Morgan fingerprint density at radius 1 is 1.05 bits per heavy atom. The fourth-order valence-electron chi connectivity index (χ4n) is 1.87. The van der Waals surface area contributed by atoms with Gasteiger partial charge in [-0.15, -0.1) is 0 Å². The maximum atomic E-state index is 13.2. The van der Waals surface area contributed by atoms with Crippen molar-refractivity contribution in [3.63, 3.8) is 0 Å². The molecule has 0 saturated carbocycles. The third-order valence-corrected chi connectivity index (χ3v) is 3.27. The normalized spacial score (nSPS) is 10.3. The summed E-state index contributed by atoms with van der Waals surface area (Å²) in [5, 5.41) is 2.85. The summed E-state index contributed by atoms with van der Waals surface area (Å²) in [7, 11) is 0. The highest BCUT2D eigenvalue weighted by Crippen LogP contribution is 2.19. The van der Waals surface area contributed by atoms with E-state index in [-0.39, 0.29) is 11.7 Å². The topological polar surface area (TPSA) is 29.1 Å². The lowest BCUT2D eigenvalue weighted by molar-refractivity contribution is 0.102. The third kappa shape index (κ3) is 2.81. The molecule has 0 atom stereocenters. The highest BCUT2D eigenvalue weighted by atomic mass is 19.1. The van der Waals surface area contributed by atoms with Crippen molar-refractivity contribution in [2.75, 3.05) is 5.32 Å². The number of halogens is 1. The largest absolute Gasteiger partial charge is 0.322 e. The number of carbonyl (C=O) groups is 1. The van der Waals surface area contributed by atoms with Crippen LogP contribution in [0.4, 0.5) is 10.1 Å². The zero-order valence-electron chi connectivity index (χ0n) is 11.3. The van der Waals surface area contributed by atoms with Crippen molar-refractivity contribution in [3.05, 3.63) is 64.5 Å². The number of anilines is 1. The molecule has 0 aliphatic heterocycles. The van der Waals surface area contributed by atoms with E-state index >= 15 is 0 Å². The molecule has 0 radical (unpaired) electrons. The molecule has 1 N–H and O–H groups in total. The lowest BCUT2D eigenvalue weighted by Gasteiger charge is -2.10. The van der Waals surface area contributed by atoms with E-state index in [0.29, 0.717) is 11.1 Å². The van der Waals surface area contributed by atoms with Crippen LogP contribution in [0.5, 0.6) is 0 Å². The molecule has 2 rings (SSSR count). The fourth-order valence-corrected chi connectivity index (χ4v) is 1.87. The van der Waals surface area contributed by atoms with Crippen molar-refractivity contribution in [1.29, 1.82) is 0 Å². The number of hydrogen-bond acceptors (Lipinski definition) is 1. The molecule has 0 saturated heterocycles. The summed E-state index contributed by atoms with van der Waals surface area (Å²) in [5.74, 6) is -0.528. The molecule has 2 nitrogen and oxygen atoms in total. The zero-order chi connectivity index (χ0) is 14.0.